The maximum absolute atomic E-state index is 11.9. The summed E-state index contributed by atoms with van der Waals surface area (Å²) in [6.07, 6.45) is 3.92. The Bertz CT molecular complexity index is 789. The van der Waals surface area contributed by atoms with Gasteiger partial charge in [-0.1, -0.05) is 30.3 Å². The Kier molecular flexibility index (Phi) is 7.27. The minimum Gasteiger partial charge on any atom is -0.445 e. The first kappa shape index (κ1) is 20.9. The minimum absolute atomic E-state index is 0.302. The van der Waals surface area contributed by atoms with E-state index in [1.807, 2.05) is 62.3 Å². The molecule has 7 heteroatoms. The molecule has 156 valence electrons. The SMILES string of the molecule is Cc1nc(N[C@H]2CC[C@@H](CNC(=O)OCc3ccccc3)CC2)cc(N(C)C)n1. The van der Waals surface area contributed by atoms with Crippen LogP contribution in [0.1, 0.15) is 37.1 Å². The fourth-order valence-electron chi connectivity index (χ4n) is 3.58. The lowest BCUT2D eigenvalue weighted by Gasteiger charge is -2.29. The fraction of sp³-hybridized carbons (Fsp3) is 0.500. The van der Waals surface area contributed by atoms with E-state index in [1.54, 1.807) is 0 Å². The van der Waals surface area contributed by atoms with Crippen LogP contribution in [0.5, 0.6) is 0 Å². The smallest absolute Gasteiger partial charge is 0.407 e. The Morgan fingerprint density at radius 1 is 1.14 bits per heavy atom. The van der Waals surface area contributed by atoms with Crippen molar-refractivity contribution in [2.45, 2.75) is 45.3 Å². The lowest BCUT2D eigenvalue weighted by molar-refractivity contribution is 0.136. The number of carbonyl (C=O) groups excluding carboxylic acids is 1. The lowest BCUT2D eigenvalue weighted by atomic mass is 9.86. The molecule has 0 radical (unpaired) electrons. The van der Waals surface area contributed by atoms with Crippen molar-refractivity contribution in [2.24, 2.45) is 5.92 Å². The van der Waals surface area contributed by atoms with Crippen LogP contribution in [-0.2, 0) is 11.3 Å². The third-order valence-electron chi connectivity index (χ3n) is 5.23. The van der Waals surface area contributed by atoms with Crippen molar-refractivity contribution in [1.29, 1.82) is 0 Å². The van der Waals surface area contributed by atoms with Gasteiger partial charge in [-0.05, 0) is 44.1 Å². The molecule has 0 bridgehead atoms. The molecular formula is C22H31N5O2. The van der Waals surface area contributed by atoms with Gasteiger partial charge in [-0.2, -0.15) is 0 Å². The van der Waals surface area contributed by atoms with Crippen LogP contribution in [0.4, 0.5) is 16.4 Å². The van der Waals surface area contributed by atoms with E-state index in [0.29, 0.717) is 25.1 Å². The molecule has 0 aliphatic heterocycles. The van der Waals surface area contributed by atoms with Gasteiger partial charge in [-0.3, -0.25) is 0 Å². The number of alkyl carbamates (subject to hydrolysis) is 1. The van der Waals surface area contributed by atoms with E-state index in [4.69, 9.17) is 4.74 Å². The number of hydrogen-bond donors (Lipinski definition) is 2. The molecule has 0 unspecified atom stereocenters. The fourth-order valence-corrected chi connectivity index (χ4v) is 3.58. The summed E-state index contributed by atoms with van der Waals surface area (Å²) in [6, 6.07) is 12.1. The number of hydrogen-bond acceptors (Lipinski definition) is 6. The normalized spacial score (nSPS) is 18.7. The number of rotatable bonds is 7. The van der Waals surface area contributed by atoms with Gasteiger partial charge in [-0.15, -0.1) is 0 Å². The van der Waals surface area contributed by atoms with Gasteiger partial charge in [0.2, 0.25) is 0 Å². The summed E-state index contributed by atoms with van der Waals surface area (Å²) in [6.45, 7) is 2.88. The van der Waals surface area contributed by atoms with Crippen LogP contribution in [0.25, 0.3) is 0 Å². The number of aromatic nitrogens is 2. The van der Waals surface area contributed by atoms with Crippen LogP contribution in [-0.4, -0.2) is 42.7 Å². The summed E-state index contributed by atoms with van der Waals surface area (Å²) in [7, 11) is 3.96. The van der Waals surface area contributed by atoms with E-state index in [9.17, 15) is 4.79 Å². The predicted molar refractivity (Wildman–Crippen MR) is 115 cm³/mol. The standard InChI is InChI=1S/C22H31N5O2/c1-16-24-20(13-21(25-16)27(2)3)26-19-11-9-17(10-12-19)14-23-22(28)29-15-18-7-5-4-6-8-18/h4-8,13,17,19H,9-12,14-15H2,1-3H3,(H,23,28)(H,24,25,26)/t17-,19+. The van der Waals surface area contributed by atoms with Crippen LogP contribution in [0, 0.1) is 12.8 Å². The first-order valence-electron chi connectivity index (χ1n) is 10.2. The van der Waals surface area contributed by atoms with E-state index < -0.39 is 0 Å². The van der Waals surface area contributed by atoms with Crippen LogP contribution in [0.2, 0.25) is 0 Å². The summed E-state index contributed by atoms with van der Waals surface area (Å²) in [4.78, 5) is 22.9. The average Bonchev–Trinajstić information content (AvgIpc) is 2.72. The molecule has 29 heavy (non-hydrogen) atoms. The molecule has 0 saturated heterocycles. The molecule has 1 aromatic heterocycles. The molecular weight excluding hydrogens is 366 g/mol. The van der Waals surface area contributed by atoms with Gasteiger partial charge in [0, 0.05) is 32.7 Å². The Morgan fingerprint density at radius 3 is 2.55 bits per heavy atom. The minimum atomic E-state index is -0.346. The summed E-state index contributed by atoms with van der Waals surface area (Å²) < 4.78 is 5.28. The summed E-state index contributed by atoms with van der Waals surface area (Å²) in [5, 5.41) is 6.46. The largest absolute Gasteiger partial charge is 0.445 e. The molecule has 1 aliphatic rings. The zero-order valence-corrected chi connectivity index (χ0v) is 17.5. The molecule has 2 aromatic rings. The summed E-state index contributed by atoms with van der Waals surface area (Å²) in [5.41, 5.74) is 0.992. The number of ether oxygens (including phenoxy) is 1. The Balaban J connectivity index is 1.38. The van der Waals surface area contributed by atoms with Gasteiger partial charge in [0.15, 0.2) is 0 Å². The summed E-state index contributed by atoms with van der Waals surface area (Å²) >= 11 is 0. The number of carbonyl (C=O) groups is 1. The van der Waals surface area contributed by atoms with Crippen molar-refractivity contribution in [3.8, 4) is 0 Å². The maximum atomic E-state index is 11.9. The third kappa shape index (κ3) is 6.62. The molecule has 1 saturated carbocycles. The van der Waals surface area contributed by atoms with Crippen molar-refractivity contribution in [2.75, 3.05) is 30.9 Å². The topological polar surface area (TPSA) is 79.4 Å². The van der Waals surface area contributed by atoms with E-state index in [1.165, 1.54) is 0 Å². The Morgan fingerprint density at radius 2 is 1.86 bits per heavy atom. The van der Waals surface area contributed by atoms with Gasteiger partial charge in [-0.25, -0.2) is 14.8 Å². The van der Waals surface area contributed by atoms with Crippen LogP contribution >= 0.6 is 0 Å². The molecule has 3 rings (SSSR count). The van der Waals surface area contributed by atoms with Gasteiger partial charge < -0.3 is 20.3 Å². The number of amides is 1. The second-order valence-electron chi connectivity index (χ2n) is 7.86. The van der Waals surface area contributed by atoms with Gasteiger partial charge in [0.25, 0.3) is 0 Å². The van der Waals surface area contributed by atoms with Gasteiger partial charge >= 0.3 is 6.09 Å². The quantitative estimate of drug-likeness (QED) is 0.741. The zero-order chi connectivity index (χ0) is 20.6. The Hall–Kier alpha value is -2.83. The van der Waals surface area contributed by atoms with E-state index in [0.717, 1.165) is 48.7 Å². The molecule has 1 fully saturated rings. The Labute approximate surface area is 172 Å². The average molecular weight is 398 g/mol. The number of aryl methyl sites for hydroxylation is 1. The van der Waals surface area contributed by atoms with Crippen molar-refractivity contribution < 1.29 is 9.53 Å². The molecule has 1 heterocycles. The molecule has 0 atom stereocenters. The highest BCUT2D eigenvalue weighted by molar-refractivity contribution is 5.67. The molecule has 1 aliphatic carbocycles. The van der Waals surface area contributed by atoms with E-state index in [2.05, 4.69) is 20.6 Å². The molecule has 1 amide bonds. The zero-order valence-electron chi connectivity index (χ0n) is 17.5. The predicted octanol–water partition coefficient (Wildman–Crippen LogP) is 3.75. The van der Waals surface area contributed by atoms with Crippen molar-refractivity contribution >= 4 is 17.7 Å². The number of nitrogens with zero attached hydrogens (tertiary/aromatic N) is 3. The third-order valence-corrected chi connectivity index (χ3v) is 5.23. The maximum Gasteiger partial charge on any atom is 0.407 e. The highest BCUT2D eigenvalue weighted by Gasteiger charge is 2.22. The lowest BCUT2D eigenvalue weighted by Crippen LogP contribution is -2.34. The van der Waals surface area contributed by atoms with E-state index in [-0.39, 0.29) is 6.09 Å². The van der Waals surface area contributed by atoms with Crippen molar-refractivity contribution in [1.82, 2.24) is 15.3 Å². The van der Waals surface area contributed by atoms with Crippen molar-refractivity contribution in [3.63, 3.8) is 0 Å². The highest BCUT2D eigenvalue weighted by atomic mass is 16.5. The highest BCUT2D eigenvalue weighted by Crippen LogP contribution is 2.26. The number of anilines is 2. The van der Waals surface area contributed by atoms with Crippen LogP contribution in [0.3, 0.4) is 0 Å². The molecule has 2 N–H and O–H groups in total. The number of nitrogens with one attached hydrogen (secondary N) is 2. The van der Waals surface area contributed by atoms with Crippen LogP contribution in [0.15, 0.2) is 36.4 Å². The second kappa shape index (κ2) is 10.1. The van der Waals surface area contributed by atoms with E-state index >= 15 is 0 Å². The second-order valence-corrected chi connectivity index (χ2v) is 7.86. The summed E-state index contributed by atoms with van der Waals surface area (Å²) in [5.74, 6) is 3.05. The number of benzene rings is 1. The molecule has 7 nitrogen and oxygen atoms in total. The van der Waals surface area contributed by atoms with Crippen molar-refractivity contribution in [3.05, 3.63) is 47.8 Å². The van der Waals surface area contributed by atoms with Crippen LogP contribution < -0.4 is 15.5 Å². The monoisotopic (exact) mass is 397 g/mol. The molecule has 1 aromatic carbocycles. The first-order chi connectivity index (χ1) is 14.0. The van der Waals surface area contributed by atoms with Gasteiger partial charge in [0.1, 0.15) is 24.1 Å². The van der Waals surface area contributed by atoms with Gasteiger partial charge in [0.05, 0.1) is 0 Å². The first-order valence-corrected chi connectivity index (χ1v) is 10.2. The molecule has 0 spiro atoms.